The van der Waals surface area contributed by atoms with Crippen LogP contribution in [0.1, 0.15) is 60.0 Å². The molecular formula is C35H33Cl2F2N7O3. The van der Waals surface area contributed by atoms with E-state index in [1.807, 2.05) is 60.8 Å². The zero-order valence-corrected chi connectivity index (χ0v) is 27.6. The Kier molecular flexibility index (Phi) is 8.58. The van der Waals surface area contributed by atoms with Crippen LogP contribution < -0.4 is 10.6 Å². The molecule has 5 aromatic rings. The summed E-state index contributed by atoms with van der Waals surface area (Å²) in [6.45, 7) is 0.200. The van der Waals surface area contributed by atoms with Gasteiger partial charge in [-0.05, 0) is 41.2 Å². The Morgan fingerprint density at radius 3 is 2.37 bits per heavy atom. The van der Waals surface area contributed by atoms with Crippen molar-refractivity contribution in [2.75, 3.05) is 6.54 Å². The van der Waals surface area contributed by atoms with Crippen molar-refractivity contribution in [3.05, 3.63) is 95.1 Å². The molecule has 2 aromatic carbocycles. The zero-order valence-electron chi connectivity index (χ0n) is 26.1. The molecule has 1 unspecified atom stereocenters. The monoisotopic (exact) mass is 707 g/mol. The number of nitrogens with one attached hydrogen (secondary N) is 4. The van der Waals surface area contributed by atoms with Gasteiger partial charge in [0.05, 0.1) is 36.1 Å². The second-order valence-electron chi connectivity index (χ2n) is 12.9. The quantitative estimate of drug-likeness (QED) is 0.128. The van der Waals surface area contributed by atoms with E-state index < -0.39 is 30.0 Å². The standard InChI is InChI=1S/C35H32ClF2N7O3.ClH/c36-31-29(43-33(44-31)25-14-35(37,38)17-40-25)21-7-3-19(4-8-21)18-1-5-20(6-2-18)26-15-39-32(41-26)23-13-27(46)28-24(42-34(47)48)10-9-22-11-12-45(16-23)30(22)28;/h1-8,11-12,15,23-25,28,40,42H,9-10,13-14,16-17H2,(H,39,41)(H,43,44)(H,47,48);1H/t23-,24-,25-,28?;/m0./s1. The maximum absolute atomic E-state index is 13.7. The molecule has 4 atom stereocenters. The fourth-order valence-corrected chi connectivity index (χ4v) is 7.74. The highest BCUT2D eigenvalue weighted by Gasteiger charge is 2.42. The molecule has 2 aliphatic heterocycles. The lowest BCUT2D eigenvalue weighted by Gasteiger charge is -2.31. The van der Waals surface area contributed by atoms with Crippen molar-refractivity contribution in [1.82, 2.24) is 35.1 Å². The van der Waals surface area contributed by atoms with Crippen molar-refractivity contribution in [1.29, 1.82) is 0 Å². The van der Waals surface area contributed by atoms with E-state index >= 15 is 0 Å². The number of aryl methyl sites for hydroxylation is 1. The number of Topliss-reactive ketones (excluding diaryl/α,β-unsaturated/α-hetero) is 1. The fourth-order valence-electron chi connectivity index (χ4n) is 7.49. The lowest BCUT2D eigenvalue weighted by Crippen LogP contribution is -2.44. The van der Waals surface area contributed by atoms with Gasteiger partial charge in [-0.2, -0.15) is 0 Å². The summed E-state index contributed by atoms with van der Waals surface area (Å²) in [5.74, 6) is -2.29. The van der Waals surface area contributed by atoms with E-state index in [0.717, 1.165) is 51.5 Å². The molecule has 10 nitrogen and oxygen atoms in total. The third-order valence-electron chi connectivity index (χ3n) is 9.84. The molecular weight excluding hydrogens is 675 g/mol. The number of benzene rings is 2. The molecule has 3 aliphatic rings. The highest BCUT2D eigenvalue weighted by molar-refractivity contribution is 6.31. The number of H-pyrrole nitrogens is 2. The molecule has 254 valence electrons. The van der Waals surface area contributed by atoms with Crippen LogP contribution in [0.15, 0.2) is 67.0 Å². The number of aromatic amines is 2. The molecule has 1 amide bonds. The van der Waals surface area contributed by atoms with Crippen molar-refractivity contribution in [3.8, 4) is 33.6 Å². The summed E-state index contributed by atoms with van der Waals surface area (Å²) >= 11 is 6.38. The van der Waals surface area contributed by atoms with Crippen LogP contribution in [-0.4, -0.2) is 60.0 Å². The number of carbonyl (C=O) groups excluding carboxylic acids is 1. The van der Waals surface area contributed by atoms with Crippen LogP contribution in [0.4, 0.5) is 13.6 Å². The lowest BCUT2D eigenvalue weighted by atomic mass is 9.79. The number of rotatable bonds is 6. The van der Waals surface area contributed by atoms with Gasteiger partial charge in [-0.3, -0.25) is 4.79 Å². The molecule has 0 saturated carbocycles. The number of hydrogen-bond donors (Lipinski definition) is 5. The predicted octanol–water partition coefficient (Wildman–Crippen LogP) is 7.10. The Morgan fingerprint density at radius 2 is 1.69 bits per heavy atom. The summed E-state index contributed by atoms with van der Waals surface area (Å²) in [4.78, 5) is 40.6. The number of halogens is 4. The summed E-state index contributed by atoms with van der Waals surface area (Å²) < 4.78 is 29.5. The van der Waals surface area contributed by atoms with Crippen molar-refractivity contribution < 1.29 is 23.5 Å². The SMILES string of the molecule is Cl.O=C(O)N[C@H]1CCc2ccn3c2C1C(=O)C[C@H](c1ncc(-c2ccc(-c4ccc(-c5[nH]c([C@@H]6CC(F)(F)CN6)nc5Cl)cc4)cc2)[nH]1)C3. The maximum Gasteiger partial charge on any atom is 0.404 e. The Labute approximate surface area is 291 Å². The van der Waals surface area contributed by atoms with E-state index in [0.29, 0.717) is 24.5 Å². The molecule has 1 saturated heterocycles. The largest absolute Gasteiger partial charge is 0.465 e. The smallest absolute Gasteiger partial charge is 0.404 e. The first-order valence-corrected chi connectivity index (χ1v) is 16.3. The molecule has 8 rings (SSSR count). The number of imidazole rings is 2. The first-order chi connectivity index (χ1) is 23.1. The maximum atomic E-state index is 13.7. The van der Waals surface area contributed by atoms with Crippen LogP contribution in [0.25, 0.3) is 33.6 Å². The van der Waals surface area contributed by atoms with Crippen LogP contribution >= 0.6 is 24.0 Å². The van der Waals surface area contributed by atoms with Gasteiger partial charge in [0.15, 0.2) is 5.15 Å². The van der Waals surface area contributed by atoms with E-state index in [4.69, 9.17) is 11.6 Å². The minimum absolute atomic E-state index is 0. The number of aromatic nitrogens is 5. The Hall–Kier alpha value is -4.52. The summed E-state index contributed by atoms with van der Waals surface area (Å²) in [7, 11) is 0. The number of alkyl halides is 2. The van der Waals surface area contributed by atoms with Gasteiger partial charge < -0.3 is 30.3 Å². The van der Waals surface area contributed by atoms with Crippen LogP contribution in [-0.2, 0) is 17.8 Å². The fraction of sp³-hybridized carbons (Fsp3) is 0.314. The molecule has 0 bridgehead atoms. The number of hydrogen-bond acceptors (Lipinski definition) is 5. The van der Waals surface area contributed by atoms with E-state index in [9.17, 15) is 23.5 Å². The first kappa shape index (κ1) is 33.0. The molecule has 1 aliphatic carbocycles. The van der Waals surface area contributed by atoms with E-state index in [1.54, 1.807) is 6.20 Å². The highest BCUT2D eigenvalue weighted by Crippen LogP contribution is 2.40. The minimum Gasteiger partial charge on any atom is -0.465 e. The average Bonchev–Trinajstić information content (AvgIpc) is 3.86. The van der Waals surface area contributed by atoms with Gasteiger partial charge in [-0.25, -0.2) is 23.5 Å². The number of amides is 1. The van der Waals surface area contributed by atoms with Crippen molar-refractivity contribution in [3.63, 3.8) is 0 Å². The number of nitrogens with zero attached hydrogens (tertiary/aromatic N) is 3. The third kappa shape index (κ3) is 6.24. The van der Waals surface area contributed by atoms with Gasteiger partial charge in [-0.15, -0.1) is 12.4 Å². The molecule has 5 heterocycles. The lowest BCUT2D eigenvalue weighted by molar-refractivity contribution is -0.121. The minimum atomic E-state index is -2.77. The average molecular weight is 709 g/mol. The molecule has 49 heavy (non-hydrogen) atoms. The Morgan fingerprint density at radius 1 is 1.00 bits per heavy atom. The predicted molar refractivity (Wildman–Crippen MR) is 182 cm³/mol. The topological polar surface area (TPSA) is 141 Å². The highest BCUT2D eigenvalue weighted by atomic mass is 35.5. The summed E-state index contributed by atoms with van der Waals surface area (Å²) in [5, 5.41) is 15.0. The van der Waals surface area contributed by atoms with Crippen LogP contribution in [0, 0.1) is 0 Å². The van der Waals surface area contributed by atoms with Gasteiger partial charge in [0, 0.05) is 48.8 Å². The number of carboxylic acid groups (broad SMARTS) is 1. The molecule has 0 spiro atoms. The van der Waals surface area contributed by atoms with Crippen molar-refractivity contribution >= 4 is 35.9 Å². The Bertz CT molecular complexity index is 2020. The van der Waals surface area contributed by atoms with Gasteiger partial charge in [0.25, 0.3) is 5.92 Å². The summed E-state index contributed by atoms with van der Waals surface area (Å²) in [6.07, 6.45) is 3.94. The first-order valence-electron chi connectivity index (χ1n) is 15.9. The van der Waals surface area contributed by atoms with E-state index in [1.165, 1.54) is 0 Å². The van der Waals surface area contributed by atoms with E-state index in [2.05, 4.69) is 35.1 Å². The molecule has 5 N–H and O–H groups in total. The third-order valence-corrected chi connectivity index (χ3v) is 10.1. The van der Waals surface area contributed by atoms with Gasteiger partial charge in [0.1, 0.15) is 17.4 Å². The summed E-state index contributed by atoms with van der Waals surface area (Å²) in [5.41, 5.74) is 7.20. The molecule has 14 heteroatoms. The second kappa shape index (κ2) is 12.7. The molecule has 3 aromatic heterocycles. The van der Waals surface area contributed by atoms with Crippen molar-refractivity contribution in [2.24, 2.45) is 0 Å². The van der Waals surface area contributed by atoms with Gasteiger partial charge >= 0.3 is 6.09 Å². The van der Waals surface area contributed by atoms with Crippen LogP contribution in [0.3, 0.4) is 0 Å². The number of ketones is 1. The number of carbonyl (C=O) groups is 2. The molecule has 0 radical (unpaired) electrons. The van der Waals surface area contributed by atoms with E-state index in [-0.39, 0.29) is 48.6 Å². The van der Waals surface area contributed by atoms with Crippen LogP contribution in [0.2, 0.25) is 5.15 Å². The summed E-state index contributed by atoms with van der Waals surface area (Å²) in [6, 6.07) is 16.9. The second-order valence-corrected chi connectivity index (χ2v) is 13.3. The van der Waals surface area contributed by atoms with Gasteiger partial charge in [0.2, 0.25) is 0 Å². The van der Waals surface area contributed by atoms with Crippen LogP contribution in [0.5, 0.6) is 0 Å². The van der Waals surface area contributed by atoms with Gasteiger partial charge in [-0.1, -0.05) is 60.1 Å². The Balaban J connectivity index is 0.00000378. The molecule has 1 fully saturated rings. The van der Waals surface area contributed by atoms with Crippen molar-refractivity contribution in [2.45, 2.75) is 62.1 Å². The normalized spacial score (nSPS) is 22.6. The zero-order chi connectivity index (χ0) is 33.2.